The minimum absolute atomic E-state index is 0.147. The summed E-state index contributed by atoms with van der Waals surface area (Å²) in [5.41, 5.74) is 5.44. The fraction of sp³-hybridized carbons (Fsp3) is 0.400. The van der Waals surface area contributed by atoms with E-state index >= 15 is 0 Å². The topological polar surface area (TPSA) is 114 Å². The number of aromatic nitrogens is 2. The highest BCUT2D eigenvalue weighted by molar-refractivity contribution is 6.31. The number of nitrogens with zero attached hydrogens (tertiary/aromatic N) is 3. The standard InChI is InChI=1S/C20H22ClN5O2/c1-19(2)17(26-16(27)14-9-25-15(23)10-24-14)20(3,4)18(19)28-12-6-5-11(8-22)13(21)7-12/h5-7,9-10,17-18H,1-4H3,(H2,23,25)(H,26,27)/t17-,18-. The number of halogens is 1. The molecule has 1 aromatic carbocycles. The van der Waals surface area contributed by atoms with Gasteiger partial charge in [-0.1, -0.05) is 39.3 Å². The molecule has 0 bridgehead atoms. The monoisotopic (exact) mass is 399 g/mol. The van der Waals surface area contributed by atoms with Gasteiger partial charge in [-0.2, -0.15) is 5.26 Å². The number of nitrogen functional groups attached to an aromatic ring is 1. The van der Waals surface area contributed by atoms with Crippen molar-refractivity contribution in [3.8, 4) is 11.8 Å². The van der Waals surface area contributed by atoms with E-state index in [0.29, 0.717) is 16.3 Å². The molecule has 0 aliphatic heterocycles. The number of hydrogen-bond donors (Lipinski definition) is 2. The molecule has 0 saturated heterocycles. The number of amides is 1. The number of hydrogen-bond acceptors (Lipinski definition) is 6. The predicted molar refractivity (Wildman–Crippen MR) is 106 cm³/mol. The maximum atomic E-state index is 12.6. The highest BCUT2D eigenvalue weighted by atomic mass is 35.5. The van der Waals surface area contributed by atoms with Crippen molar-refractivity contribution in [2.24, 2.45) is 10.8 Å². The van der Waals surface area contributed by atoms with Crippen LogP contribution in [-0.2, 0) is 0 Å². The molecule has 0 radical (unpaired) electrons. The summed E-state index contributed by atoms with van der Waals surface area (Å²) in [6, 6.07) is 6.89. The van der Waals surface area contributed by atoms with Gasteiger partial charge in [-0.3, -0.25) is 4.79 Å². The molecule has 1 amide bonds. The second kappa shape index (κ2) is 6.95. The fourth-order valence-electron chi connectivity index (χ4n) is 4.26. The maximum Gasteiger partial charge on any atom is 0.271 e. The molecular formula is C20H22ClN5O2. The molecule has 8 heteroatoms. The Bertz CT molecular complexity index is 934. The molecule has 3 N–H and O–H groups in total. The van der Waals surface area contributed by atoms with Gasteiger partial charge < -0.3 is 15.8 Å². The van der Waals surface area contributed by atoms with Crippen LogP contribution < -0.4 is 15.8 Å². The molecule has 146 valence electrons. The van der Waals surface area contributed by atoms with Gasteiger partial charge in [-0.25, -0.2) is 9.97 Å². The lowest BCUT2D eigenvalue weighted by molar-refractivity contribution is -0.164. The van der Waals surface area contributed by atoms with Crippen LogP contribution in [0.4, 0.5) is 5.82 Å². The Balaban J connectivity index is 1.76. The summed E-state index contributed by atoms with van der Waals surface area (Å²) >= 11 is 6.11. The van der Waals surface area contributed by atoms with Gasteiger partial charge in [-0.15, -0.1) is 0 Å². The third-order valence-electron chi connectivity index (χ3n) is 5.33. The molecule has 3 rings (SSSR count). The lowest BCUT2D eigenvalue weighted by atomic mass is 9.49. The van der Waals surface area contributed by atoms with Crippen LogP contribution in [0.1, 0.15) is 43.7 Å². The number of nitrogens with two attached hydrogens (primary N) is 1. The average Bonchev–Trinajstić information content (AvgIpc) is 2.64. The van der Waals surface area contributed by atoms with Crippen molar-refractivity contribution in [2.45, 2.75) is 39.8 Å². The third-order valence-corrected chi connectivity index (χ3v) is 5.65. The quantitative estimate of drug-likeness (QED) is 0.815. The van der Waals surface area contributed by atoms with Crippen LogP contribution in [0.5, 0.6) is 5.75 Å². The fourth-order valence-corrected chi connectivity index (χ4v) is 4.47. The summed E-state index contributed by atoms with van der Waals surface area (Å²) in [4.78, 5) is 20.5. The Hall–Kier alpha value is -2.85. The molecule has 1 aliphatic rings. The van der Waals surface area contributed by atoms with Crippen LogP contribution in [0.15, 0.2) is 30.6 Å². The van der Waals surface area contributed by atoms with E-state index in [9.17, 15) is 4.79 Å². The zero-order valence-electron chi connectivity index (χ0n) is 16.2. The van der Waals surface area contributed by atoms with Crippen LogP contribution in [-0.4, -0.2) is 28.0 Å². The first-order valence-electron chi connectivity index (χ1n) is 8.82. The van der Waals surface area contributed by atoms with Crippen LogP contribution in [0.3, 0.4) is 0 Å². The van der Waals surface area contributed by atoms with E-state index in [0.717, 1.165) is 0 Å². The zero-order valence-corrected chi connectivity index (χ0v) is 16.9. The average molecular weight is 400 g/mol. The van der Waals surface area contributed by atoms with Crippen LogP contribution in [0.25, 0.3) is 0 Å². The van der Waals surface area contributed by atoms with Gasteiger partial charge in [0.1, 0.15) is 29.4 Å². The highest BCUT2D eigenvalue weighted by Gasteiger charge is 2.64. The predicted octanol–water partition coefficient (Wildman–Crippen LogP) is 3.20. The van der Waals surface area contributed by atoms with E-state index in [2.05, 4.69) is 15.3 Å². The maximum absolute atomic E-state index is 12.6. The minimum atomic E-state index is -0.346. The van der Waals surface area contributed by atoms with E-state index in [-0.39, 0.29) is 40.4 Å². The van der Waals surface area contributed by atoms with Gasteiger partial charge in [0.2, 0.25) is 0 Å². The van der Waals surface area contributed by atoms with Crippen molar-refractivity contribution in [1.82, 2.24) is 15.3 Å². The molecule has 28 heavy (non-hydrogen) atoms. The van der Waals surface area contributed by atoms with Crippen molar-refractivity contribution < 1.29 is 9.53 Å². The molecule has 1 fully saturated rings. The van der Waals surface area contributed by atoms with Crippen molar-refractivity contribution in [1.29, 1.82) is 5.26 Å². The second-order valence-electron chi connectivity index (χ2n) is 8.13. The summed E-state index contributed by atoms with van der Waals surface area (Å²) in [6.07, 6.45) is 2.54. The Morgan fingerprint density at radius 2 is 1.93 bits per heavy atom. The first kappa shape index (κ1) is 19.9. The first-order chi connectivity index (χ1) is 13.1. The lowest BCUT2D eigenvalue weighted by Crippen LogP contribution is -2.74. The van der Waals surface area contributed by atoms with Crippen LogP contribution >= 0.6 is 11.6 Å². The van der Waals surface area contributed by atoms with E-state index < -0.39 is 0 Å². The van der Waals surface area contributed by atoms with Gasteiger partial charge >= 0.3 is 0 Å². The number of benzene rings is 1. The van der Waals surface area contributed by atoms with E-state index in [1.165, 1.54) is 12.4 Å². The second-order valence-corrected chi connectivity index (χ2v) is 8.53. The molecule has 1 aromatic heterocycles. The number of carbonyl (C=O) groups is 1. The van der Waals surface area contributed by atoms with Crippen molar-refractivity contribution in [2.75, 3.05) is 5.73 Å². The molecule has 0 spiro atoms. The largest absolute Gasteiger partial charge is 0.489 e. The molecule has 1 aliphatic carbocycles. The third kappa shape index (κ3) is 3.36. The SMILES string of the molecule is CC1(C)[C@H](NC(=O)c2cnc(N)cn2)C(C)(C)[C@H]1Oc1ccc(C#N)c(Cl)c1. The molecule has 7 nitrogen and oxygen atoms in total. The zero-order chi connectivity index (χ0) is 20.7. The molecule has 0 unspecified atom stereocenters. The Labute approximate surface area is 168 Å². The number of anilines is 1. The van der Waals surface area contributed by atoms with Gasteiger partial charge in [0, 0.05) is 22.9 Å². The first-order valence-corrected chi connectivity index (χ1v) is 9.20. The van der Waals surface area contributed by atoms with E-state index in [1.54, 1.807) is 18.2 Å². The smallest absolute Gasteiger partial charge is 0.271 e. The molecule has 0 atom stereocenters. The summed E-state index contributed by atoms with van der Waals surface area (Å²) in [6.45, 7) is 8.14. The van der Waals surface area contributed by atoms with Crippen molar-refractivity contribution in [3.63, 3.8) is 0 Å². The Morgan fingerprint density at radius 1 is 1.25 bits per heavy atom. The lowest BCUT2D eigenvalue weighted by Gasteiger charge is -2.63. The molecule has 2 aromatic rings. The summed E-state index contributed by atoms with van der Waals surface area (Å²) in [5.74, 6) is 0.540. The molecular weight excluding hydrogens is 378 g/mol. The van der Waals surface area contributed by atoms with Gasteiger partial charge in [-0.05, 0) is 12.1 Å². The summed E-state index contributed by atoms with van der Waals surface area (Å²) in [7, 11) is 0. The van der Waals surface area contributed by atoms with Gasteiger partial charge in [0.25, 0.3) is 5.91 Å². The molecule has 1 saturated carbocycles. The number of rotatable bonds is 4. The van der Waals surface area contributed by atoms with Gasteiger partial charge in [0.05, 0.1) is 23.0 Å². The van der Waals surface area contributed by atoms with Crippen LogP contribution in [0, 0.1) is 22.2 Å². The minimum Gasteiger partial charge on any atom is -0.489 e. The van der Waals surface area contributed by atoms with E-state index in [1.807, 2.05) is 33.8 Å². The summed E-state index contributed by atoms with van der Waals surface area (Å²) < 4.78 is 6.20. The van der Waals surface area contributed by atoms with Crippen LogP contribution in [0.2, 0.25) is 5.02 Å². The normalized spacial score (nSPS) is 21.9. The van der Waals surface area contributed by atoms with Crippen molar-refractivity contribution >= 4 is 23.3 Å². The number of ether oxygens (including phenoxy) is 1. The number of carbonyl (C=O) groups excluding carboxylic acids is 1. The van der Waals surface area contributed by atoms with Gasteiger partial charge in [0.15, 0.2) is 0 Å². The number of nitriles is 1. The number of nitrogens with one attached hydrogen (secondary N) is 1. The Kier molecular flexibility index (Phi) is 4.94. The molecule has 1 heterocycles. The highest BCUT2D eigenvalue weighted by Crippen LogP contribution is 2.55. The van der Waals surface area contributed by atoms with E-state index in [4.69, 9.17) is 27.3 Å². The van der Waals surface area contributed by atoms with Crippen molar-refractivity contribution in [3.05, 3.63) is 46.9 Å². The summed E-state index contributed by atoms with van der Waals surface area (Å²) in [5, 5.41) is 12.4. The Morgan fingerprint density at radius 3 is 2.46 bits per heavy atom.